The van der Waals surface area contributed by atoms with Gasteiger partial charge in [0.2, 0.25) is 0 Å². The largest absolute Gasteiger partial charge is 0.454 e. The molecule has 0 aliphatic carbocycles. The molecule has 1 aliphatic heterocycles. The third kappa shape index (κ3) is 4.34. The average molecular weight is 351 g/mol. The topological polar surface area (TPSA) is 29.5 Å². The Kier molecular flexibility index (Phi) is 6.10. The number of rotatable bonds is 7. The summed E-state index contributed by atoms with van der Waals surface area (Å²) in [5, 5.41) is 0. The maximum atomic E-state index is 12.1. The summed E-state index contributed by atoms with van der Waals surface area (Å²) in [6.07, 6.45) is 3.21. The van der Waals surface area contributed by atoms with Gasteiger partial charge in [0.15, 0.2) is 0 Å². The molecule has 2 atom stereocenters. The Bertz CT molecular complexity index is 695. The van der Waals surface area contributed by atoms with Gasteiger partial charge in [-0.1, -0.05) is 67.6 Å². The fraction of sp³-hybridized carbons (Fsp3) is 0.435. The zero-order valence-corrected chi connectivity index (χ0v) is 15.9. The number of carbonyl (C=O) groups excluding carboxylic acids is 1. The molecule has 0 radical (unpaired) electrons. The summed E-state index contributed by atoms with van der Waals surface area (Å²) in [5.74, 6) is -0.0369. The molecule has 3 rings (SSSR count). The second-order valence-electron chi connectivity index (χ2n) is 7.42. The van der Waals surface area contributed by atoms with Crippen LogP contribution in [0.1, 0.15) is 37.8 Å². The van der Waals surface area contributed by atoms with Gasteiger partial charge in [-0.05, 0) is 37.1 Å². The lowest BCUT2D eigenvalue weighted by Gasteiger charge is -2.40. The SMILES string of the molecule is CC(=O)O[C@@](Cc1ccccc1)(c1ccccc1)[C@@H](C)CN1CCCC1. The predicted molar refractivity (Wildman–Crippen MR) is 105 cm³/mol. The minimum atomic E-state index is -0.656. The van der Waals surface area contributed by atoms with E-state index in [-0.39, 0.29) is 11.9 Å². The zero-order valence-electron chi connectivity index (χ0n) is 15.9. The number of ether oxygens (including phenoxy) is 1. The molecule has 1 aliphatic rings. The van der Waals surface area contributed by atoms with E-state index in [9.17, 15) is 4.79 Å². The second kappa shape index (κ2) is 8.50. The smallest absolute Gasteiger partial charge is 0.303 e. The van der Waals surface area contributed by atoms with Crippen LogP contribution in [0.15, 0.2) is 60.7 Å². The highest BCUT2D eigenvalue weighted by Gasteiger charge is 2.42. The summed E-state index contributed by atoms with van der Waals surface area (Å²) in [6.45, 7) is 6.96. The van der Waals surface area contributed by atoms with Gasteiger partial charge in [-0.15, -0.1) is 0 Å². The Morgan fingerprint density at radius 3 is 2.19 bits per heavy atom. The van der Waals surface area contributed by atoms with Gasteiger partial charge in [-0.25, -0.2) is 0 Å². The molecule has 0 unspecified atom stereocenters. The molecule has 0 bridgehead atoms. The molecule has 1 heterocycles. The number of hydrogen-bond acceptors (Lipinski definition) is 3. The fourth-order valence-corrected chi connectivity index (χ4v) is 4.13. The van der Waals surface area contributed by atoms with Crippen LogP contribution in [0.5, 0.6) is 0 Å². The van der Waals surface area contributed by atoms with E-state index >= 15 is 0 Å². The summed E-state index contributed by atoms with van der Waals surface area (Å²) >= 11 is 0. The van der Waals surface area contributed by atoms with Crippen molar-refractivity contribution in [2.24, 2.45) is 5.92 Å². The third-order valence-corrected chi connectivity index (χ3v) is 5.42. The molecule has 2 aromatic carbocycles. The molecule has 3 nitrogen and oxygen atoms in total. The molecule has 26 heavy (non-hydrogen) atoms. The van der Waals surface area contributed by atoms with Crippen LogP contribution in [0.25, 0.3) is 0 Å². The third-order valence-electron chi connectivity index (χ3n) is 5.42. The number of benzene rings is 2. The Labute approximate surface area is 157 Å². The molecule has 0 N–H and O–H groups in total. The van der Waals surface area contributed by atoms with E-state index in [1.807, 2.05) is 36.4 Å². The van der Waals surface area contributed by atoms with Gasteiger partial charge in [0, 0.05) is 25.8 Å². The van der Waals surface area contributed by atoms with Crippen LogP contribution in [-0.4, -0.2) is 30.5 Å². The van der Waals surface area contributed by atoms with Crippen LogP contribution < -0.4 is 0 Å². The highest BCUT2D eigenvalue weighted by atomic mass is 16.6. The summed E-state index contributed by atoms with van der Waals surface area (Å²) in [5.41, 5.74) is 1.61. The van der Waals surface area contributed by atoms with Crippen LogP contribution in [0, 0.1) is 5.92 Å². The zero-order chi connectivity index (χ0) is 18.4. The molecule has 0 amide bonds. The van der Waals surface area contributed by atoms with Crippen LogP contribution >= 0.6 is 0 Å². The normalized spacial score (nSPS) is 18.2. The molecular weight excluding hydrogens is 322 g/mol. The van der Waals surface area contributed by atoms with Crippen molar-refractivity contribution in [3.05, 3.63) is 71.8 Å². The lowest BCUT2D eigenvalue weighted by atomic mass is 9.77. The quantitative estimate of drug-likeness (QED) is 0.692. The first-order valence-corrected chi connectivity index (χ1v) is 9.61. The van der Waals surface area contributed by atoms with E-state index in [1.54, 1.807) is 0 Å². The van der Waals surface area contributed by atoms with Crippen LogP contribution in [0.2, 0.25) is 0 Å². The van der Waals surface area contributed by atoms with Crippen LogP contribution in [-0.2, 0) is 21.6 Å². The van der Waals surface area contributed by atoms with Crippen molar-refractivity contribution in [1.29, 1.82) is 0 Å². The summed E-state index contributed by atoms with van der Waals surface area (Å²) in [6, 6.07) is 20.6. The van der Waals surface area contributed by atoms with Gasteiger partial charge < -0.3 is 9.64 Å². The standard InChI is InChI=1S/C23H29NO2/c1-19(18-24-15-9-10-16-24)23(26-20(2)25,22-13-7-4-8-14-22)17-21-11-5-3-6-12-21/h3-8,11-14,19H,9-10,15-18H2,1-2H3/t19-,23+/m0/s1. The van der Waals surface area contributed by atoms with Gasteiger partial charge in [-0.3, -0.25) is 4.79 Å². The van der Waals surface area contributed by atoms with Crippen LogP contribution in [0.4, 0.5) is 0 Å². The number of nitrogens with zero attached hydrogens (tertiary/aromatic N) is 1. The molecule has 3 heteroatoms. The Morgan fingerprint density at radius 2 is 1.62 bits per heavy atom. The Hall–Kier alpha value is -2.13. The minimum absolute atomic E-state index is 0.187. The first-order chi connectivity index (χ1) is 12.6. The van der Waals surface area contributed by atoms with Crippen molar-refractivity contribution in [1.82, 2.24) is 4.90 Å². The van der Waals surface area contributed by atoms with E-state index in [1.165, 1.54) is 25.3 Å². The van der Waals surface area contributed by atoms with Crippen molar-refractivity contribution in [3.63, 3.8) is 0 Å². The van der Waals surface area contributed by atoms with Gasteiger partial charge >= 0.3 is 5.97 Å². The lowest BCUT2D eigenvalue weighted by Crippen LogP contribution is -2.45. The Morgan fingerprint density at radius 1 is 1.04 bits per heavy atom. The predicted octanol–water partition coefficient (Wildman–Crippen LogP) is 4.42. The van der Waals surface area contributed by atoms with E-state index in [2.05, 4.69) is 36.1 Å². The molecule has 1 fully saturated rings. The summed E-state index contributed by atoms with van der Waals surface area (Å²) in [7, 11) is 0. The maximum Gasteiger partial charge on any atom is 0.303 e. The number of likely N-dealkylation sites (tertiary alicyclic amines) is 1. The highest BCUT2D eigenvalue weighted by molar-refractivity contribution is 5.67. The van der Waals surface area contributed by atoms with Crippen molar-refractivity contribution in [2.45, 2.75) is 38.7 Å². The molecule has 2 aromatic rings. The molecular formula is C23H29NO2. The van der Waals surface area contributed by atoms with Crippen molar-refractivity contribution in [2.75, 3.05) is 19.6 Å². The van der Waals surface area contributed by atoms with E-state index in [0.29, 0.717) is 6.42 Å². The second-order valence-corrected chi connectivity index (χ2v) is 7.42. The van der Waals surface area contributed by atoms with Crippen molar-refractivity contribution >= 4 is 5.97 Å². The van der Waals surface area contributed by atoms with Crippen LogP contribution in [0.3, 0.4) is 0 Å². The first kappa shape index (κ1) is 18.7. The number of esters is 1. The fourth-order valence-electron chi connectivity index (χ4n) is 4.13. The average Bonchev–Trinajstić information content (AvgIpc) is 3.15. The van der Waals surface area contributed by atoms with Gasteiger partial charge in [-0.2, -0.15) is 0 Å². The summed E-state index contributed by atoms with van der Waals surface area (Å²) < 4.78 is 6.13. The summed E-state index contributed by atoms with van der Waals surface area (Å²) in [4.78, 5) is 14.6. The van der Waals surface area contributed by atoms with E-state index in [0.717, 1.165) is 25.2 Å². The lowest BCUT2D eigenvalue weighted by molar-refractivity contribution is -0.166. The maximum absolute atomic E-state index is 12.1. The number of hydrogen-bond donors (Lipinski definition) is 0. The highest BCUT2D eigenvalue weighted by Crippen LogP contribution is 2.38. The molecule has 0 spiro atoms. The molecule has 138 valence electrons. The van der Waals surface area contributed by atoms with Gasteiger partial charge in [0.1, 0.15) is 5.60 Å². The Balaban J connectivity index is 1.99. The monoisotopic (exact) mass is 351 g/mol. The van der Waals surface area contributed by atoms with E-state index < -0.39 is 5.60 Å². The van der Waals surface area contributed by atoms with Crippen molar-refractivity contribution in [3.8, 4) is 0 Å². The first-order valence-electron chi connectivity index (χ1n) is 9.61. The van der Waals surface area contributed by atoms with E-state index in [4.69, 9.17) is 4.74 Å². The number of carbonyl (C=O) groups is 1. The van der Waals surface area contributed by atoms with Crippen molar-refractivity contribution < 1.29 is 9.53 Å². The van der Waals surface area contributed by atoms with Gasteiger partial charge in [0.25, 0.3) is 0 Å². The minimum Gasteiger partial charge on any atom is -0.454 e. The van der Waals surface area contributed by atoms with Gasteiger partial charge in [0.05, 0.1) is 0 Å². The molecule has 0 aromatic heterocycles. The molecule has 1 saturated heterocycles. The molecule has 0 saturated carbocycles.